The Morgan fingerprint density at radius 3 is 2.71 bits per heavy atom. The smallest absolute Gasteiger partial charge is 0.354 e. The minimum absolute atomic E-state index is 0.291. The summed E-state index contributed by atoms with van der Waals surface area (Å²) in [5.74, 6) is -0.431. The fraction of sp³-hybridized carbons (Fsp3) is 0.250. The van der Waals surface area contributed by atoms with Gasteiger partial charge < -0.3 is 13.7 Å². The van der Waals surface area contributed by atoms with E-state index < -0.39 is 11.6 Å². The van der Waals surface area contributed by atoms with Gasteiger partial charge in [0, 0.05) is 11.9 Å². The third-order valence-electron chi connectivity index (χ3n) is 3.46. The molecule has 5 nitrogen and oxygen atoms in total. The number of hydrogen-bond donors (Lipinski definition) is 0. The van der Waals surface area contributed by atoms with Gasteiger partial charge in [0.05, 0.1) is 17.5 Å². The summed E-state index contributed by atoms with van der Waals surface area (Å²) in [7, 11) is 0. The van der Waals surface area contributed by atoms with Crippen molar-refractivity contribution in [3.05, 3.63) is 46.4 Å². The maximum absolute atomic E-state index is 12.1. The highest BCUT2D eigenvalue weighted by Gasteiger charge is 2.20. The van der Waals surface area contributed by atoms with Crippen LogP contribution >= 0.6 is 0 Å². The quantitative estimate of drug-likeness (QED) is 0.548. The number of rotatable bonds is 3. The Morgan fingerprint density at radius 2 is 2.00 bits per heavy atom. The number of aromatic nitrogens is 1. The first kappa shape index (κ1) is 13.4. The molecule has 0 spiro atoms. The number of ether oxygens (including phenoxy) is 1. The lowest BCUT2D eigenvalue weighted by Gasteiger charge is -2.08. The Balaban J connectivity index is 2.44. The average molecular weight is 285 g/mol. The van der Waals surface area contributed by atoms with Crippen molar-refractivity contribution in [2.45, 2.75) is 20.4 Å². The molecule has 0 radical (unpaired) electrons. The maximum atomic E-state index is 12.1. The van der Waals surface area contributed by atoms with E-state index in [1.807, 2.05) is 25.1 Å². The van der Waals surface area contributed by atoms with Gasteiger partial charge in [0.15, 0.2) is 0 Å². The molecule has 2 aromatic heterocycles. The summed E-state index contributed by atoms with van der Waals surface area (Å²) >= 11 is 0. The molecule has 0 aliphatic rings. The van der Waals surface area contributed by atoms with Crippen LogP contribution in [0.2, 0.25) is 0 Å². The summed E-state index contributed by atoms with van der Waals surface area (Å²) in [6, 6.07) is 8.85. The van der Waals surface area contributed by atoms with Crippen LogP contribution in [0.3, 0.4) is 0 Å². The topological polar surface area (TPSA) is 61.4 Å². The number of para-hydroxylation sites is 1. The summed E-state index contributed by atoms with van der Waals surface area (Å²) in [4.78, 5) is 24.2. The molecule has 2 heterocycles. The Bertz CT molecular complexity index is 888. The van der Waals surface area contributed by atoms with Gasteiger partial charge in [-0.05, 0) is 32.0 Å². The molecule has 3 rings (SSSR count). The number of carbonyl (C=O) groups is 1. The van der Waals surface area contributed by atoms with E-state index in [-0.39, 0.29) is 0 Å². The van der Waals surface area contributed by atoms with Gasteiger partial charge >= 0.3 is 11.6 Å². The second-order valence-electron chi connectivity index (χ2n) is 4.64. The van der Waals surface area contributed by atoms with Crippen LogP contribution in [0.4, 0.5) is 0 Å². The number of esters is 1. The first-order valence-corrected chi connectivity index (χ1v) is 6.89. The number of benzene rings is 1. The Hall–Kier alpha value is -2.56. The third-order valence-corrected chi connectivity index (χ3v) is 3.46. The largest absolute Gasteiger partial charge is 0.461 e. The zero-order valence-electron chi connectivity index (χ0n) is 11.9. The van der Waals surface area contributed by atoms with Gasteiger partial charge in [-0.3, -0.25) is 0 Å². The summed E-state index contributed by atoms with van der Waals surface area (Å²) in [5.41, 5.74) is 1.16. The van der Waals surface area contributed by atoms with Crippen molar-refractivity contribution >= 4 is 27.8 Å². The molecule has 5 heteroatoms. The van der Waals surface area contributed by atoms with Gasteiger partial charge in [0.25, 0.3) is 0 Å². The van der Waals surface area contributed by atoms with Crippen LogP contribution in [0.1, 0.15) is 24.3 Å². The van der Waals surface area contributed by atoms with Crippen LogP contribution in [0.25, 0.3) is 21.9 Å². The number of nitrogens with zero attached hydrogens (tertiary/aromatic N) is 1. The number of aryl methyl sites for hydroxylation is 1. The number of hydrogen-bond acceptors (Lipinski definition) is 4. The van der Waals surface area contributed by atoms with Gasteiger partial charge in [-0.25, -0.2) is 9.59 Å². The van der Waals surface area contributed by atoms with Crippen LogP contribution in [0.5, 0.6) is 0 Å². The Morgan fingerprint density at radius 1 is 1.24 bits per heavy atom. The lowest BCUT2D eigenvalue weighted by molar-refractivity contribution is 0.0514. The van der Waals surface area contributed by atoms with Gasteiger partial charge in [-0.15, -0.1) is 0 Å². The second-order valence-corrected chi connectivity index (χ2v) is 4.64. The molecule has 108 valence electrons. The van der Waals surface area contributed by atoms with Crippen LogP contribution in [-0.4, -0.2) is 17.1 Å². The summed E-state index contributed by atoms with van der Waals surface area (Å²) in [5, 5.41) is 1.21. The van der Waals surface area contributed by atoms with E-state index in [1.165, 1.54) is 0 Å². The van der Waals surface area contributed by atoms with Crippen LogP contribution in [0.15, 0.2) is 39.5 Å². The molecule has 0 amide bonds. The van der Waals surface area contributed by atoms with Crippen LogP contribution in [0, 0.1) is 0 Å². The van der Waals surface area contributed by atoms with Crippen molar-refractivity contribution in [1.82, 2.24) is 4.57 Å². The van der Waals surface area contributed by atoms with Crippen molar-refractivity contribution in [3.8, 4) is 0 Å². The molecule has 0 bridgehead atoms. The summed E-state index contributed by atoms with van der Waals surface area (Å²) < 4.78 is 12.2. The minimum Gasteiger partial charge on any atom is -0.461 e. The van der Waals surface area contributed by atoms with Crippen LogP contribution < -0.4 is 5.63 Å². The zero-order valence-corrected chi connectivity index (χ0v) is 11.9. The predicted octanol–water partition coefficient (Wildman–Crippen LogP) is 2.94. The predicted molar refractivity (Wildman–Crippen MR) is 79.6 cm³/mol. The first-order chi connectivity index (χ1) is 10.2. The maximum Gasteiger partial charge on any atom is 0.354 e. The molecule has 0 unspecified atom stereocenters. The van der Waals surface area contributed by atoms with Crippen molar-refractivity contribution in [2.75, 3.05) is 6.61 Å². The fourth-order valence-corrected chi connectivity index (χ4v) is 2.60. The van der Waals surface area contributed by atoms with Crippen molar-refractivity contribution in [3.63, 3.8) is 0 Å². The van der Waals surface area contributed by atoms with E-state index >= 15 is 0 Å². The molecule has 0 saturated carbocycles. The Labute approximate surface area is 120 Å². The van der Waals surface area contributed by atoms with E-state index in [4.69, 9.17) is 9.15 Å². The van der Waals surface area contributed by atoms with E-state index in [1.54, 1.807) is 23.6 Å². The van der Waals surface area contributed by atoms with Crippen molar-refractivity contribution in [1.29, 1.82) is 0 Å². The monoisotopic (exact) mass is 285 g/mol. The molecule has 0 saturated heterocycles. The van der Waals surface area contributed by atoms with E-state index in [2.05, 4.69) is 0 Å². The molecule has 0 aliphatic heterocycles. The number of fused-ring (bicyclic) bond motifs is 3. The SMILES string of the molecule is CCOC(=O)c1cc2c(=O)oc3ccccc3c2n1CC. The second kappa shape index (κ2) is 5.09. The van der Waals surface area contributed by atoms with Gasteiger partial charge in [-0.2, -0.15) is 0 Å². The average Bonchev–Trinajstić information content (AvgIpc) is 2.88. The van der Waals surface area contributed by atoms with Gasteiger partial charge in [-0.1, -0.05) is 12.1 Å². The molecule has 21 heavy (non-hydrogen) atoms. The third kappa shape index (κ3) is 2.01. The molecule has 1 aromatic carbocycles. The molecule has 0 atom stereocenters. The van der Waals surface area contributed by atoms with Gasteiger partial charge in [0.2, 0.25) is 0 Å². The molecule has 0 N–H and O–H groups in total. The molecule has 3 aromatic rings. The summed E-state index contributed by atoms with van der Waals surface area (Å²) in [6.07, 6.45) is 0. The lowest BCUT2D eigenvalue weighted by atomic mass is 10.2. The van der Waals surface area contributed by atoms with Gasteiger partial charge in [0.1, 0.15) is 11.3 Å². The number of carbonyl (C=O) groups excluding carboxylic acids is 1. The molecule has 0 aliphatic carbocycles. The molecule has 0 fully saturated rings. The van der Waals surface area contributed by atoms with E-state index in [9.17, 15) is 9.59 Å². The molecular formula is C16H15NO4. The highest BCUT2D eigenvalue weighted by atomic mass is 16.5. The highest BCUT2D eigenvalue weighted by molar-refractivity contribution is 6.06. The Kier molecular flexibility index (Phi) is 3.25. The first-order valence-electron chi connectivity index (χ1n) is 6.89. The van der Waals surface area contributed by atoms with Crippen molar-refractivity contribution in [2.24, 2.45) is 0 Å². The molecular weight excluding hydrogens is 270 g/mol. The van der Waals surface area contributed by atoms with Crippen LogP contribution in [-0.2, 0) is 11.3 Å². The van der Waals surface area contributed by atoms with E-state index in [0.29, 0.717) is 35.3 Å². The van der Waals surface area contributed by atoms with E-state index in [0.717, 1.165) is 5.39 Å². The van der Waals surface area contributed by atoms with Crippen molar-refractivity contribution < 1.29 is 13.9 Å². The minimum atomic E-state index is -0.443. The fourth-order valence-electron chi connectivity index (χ4n) is 2.60. The standard InChI is InChI=1S/C16H15NO4/c1-3-17-12(16(19)20-4-2)9-11-14(17)10-7-5-6-8-13(10)21-15(11)18/h5-9H,3-4H2,1-2H3. The zero-order chi connectivity index (χ0) is 15.0. The highest BCUT2D eigenvalue weighted by Crippen LogP contribution is 2.26. The lowest BCUT2D eigenvalue weighted by Crippen LogP contribution is -2.11. The summed E-state index contributed by atoms with van der Waals surface area (Å²) in [6.45, 7) is 4.52. The normalized spacial score (nSPS) is 11.1.